The molecule has 144 valence electrons. The second-order valence-corrected chi connectivity index (χ2v) is 5.98. The summed E-state index contributed by atoms with van der Waals surface area (Å²) in [7, 11) is 3.11. The number of carbonyl (C=O) groups excluding carboxylic acids is 2. The van der Waals surface area contributed by atoms with Crippen LogP contribution < -0.4 is 20.1 Å². The molecule has 2 rings (SSSR count). The molecule has 2 N–H and O–H groups in total. The molecule has 0 saturated heterocycles. The molecule has 7 heteroatoms. The minimum absolute atomic E-state index is 0.00427. The molecular weight excluding hydrogens is 351 g/mol. The summed E-state index contributed by atoms with van der Waals surface area (Å²) in [5, 5.41) is 5.33. The molecule has 27 heavy (non-hydrogen) atoms. The van der Waals surface area contributed by atoms with Crippen LogP contribution in [0.4, 0.5) is 4.39 Å². The van der Waals surface area contributed by atoms with Gasteiger partial charge in [0.05, 0.1) is 33.2 Å². The largest absolute Gasteiger partial charge is 0.497 e. The maximum atomic E-state index is 13.1. The van der Waals surface area contributed by atoms with Crippen molar-refractivity contribution < 1.29 is 23.5 Å². The van der Waals surface area contributed by atoms with E-state index in [-0.39, 0.29) is 30.8 Å². The standard InChI is InChI=1S/C20H23FN2O4/c1-13(17-11-16(26-2)7-8-18(17)27-3)23-20(25)12-22-19(24)10-14-5-4-6-15(21)9-14/h4-9,11,13H,10,12H2,1-3H3,(H,22,24)(H,23,25). The van der Waals surface area contributed by atoms with Crippen molar-refractivity contribution in [1.29, 1.82) is 0 Å². The van der Waals surface area contributed by atoms with Gasteiger partial charge >= 0.3 is 0 Å². The van der Waals surface area contributed by atoms with Gasteiger partial charge in [0.25, 0.3) is 0 Å². The van der Waals surface area contributed by atoms with Crippen molar-refractivity contribution in [2.45, 2.75) is 19.4 Å². The number of rotatable bonds is 8. The van der Waals surface area contributed by atoms with Crippen molar-refractivity contribution in [2.24, 2.45) is 0 Å². The van der Waals surface area contributed by atoms with E-state index in [1.807, 2.05) is 6.92 Å². The van der Waals surface area contributed by atoms with Crippen LogP contribution in [0.3, 0.4) is 0 Å². The van der Waals surface area contributed by atoms with Crippen LogP contribution in [0.5, 0.6) is 11.5 Å². The molecule has 2 aromatic rings. The lowest BCUT2D eigenvalue weighted by Gasteiger charge is -2.18. The summed E-state index contributed by atoms with van der Waals surface area (Å²) in [4.78, 5) is 24.1. The maximum absolute atomic E-state index is 13.1. The van der Waals surface area contributed by atoms with Crippen LogP contribution in [0.2, 0.25) is 0 Å². The third-order valence-electron chi connectivity index (χ3n) is 3.98. The molecule has 0 heterocycles. The Balaban J connectivity index is 1.89. The summed E-state index contributed by atoms with van der Waals surface area (Å²) in [6.07, 6.45) is 0.00427. The van der Waals surface area contributed by atoms with Gasteiger partial charge in [-0.05, 0) is 42.8 Å². The first-order chi connectivity index (χ1) is 12.9. The molecule has 0 radical (unpaired) electrons. The van der Waals surface area contributed by atoms with Crippen LogP contribution in [0.25, 0.3) is 0 Å². The molecule has 2 amide bonds. The van der Waals surface area contributed by atoms with Crippen molar-refractivity contribution >= 4 is 11.8 Å². The van der Waals surface area contributed by atoms with Gasteiger partial charge in [-0.25, -0.2) is 4.39 Å². The number of methoxy groups -OCH3 is 2. The number of halogens is 1. The summed E-state index contributed by atoms with van der Waals surface area (Å²) in [6.45, 7) is 1.63. The van der Waals surface area contributed by atoms with Gasteiger partial charge in [-0.1, -0.05) is 12.1 Å². The predicted molar refractivity (Wildman–Crippen MR) is 99.2 cm³/mol. The number of ether oxygens (including phenoxy) is 2. The predicted octanol–water partition coefficient (Wildman–Crippen LogP) is 2.38. The Labute approximate surface area is 157 Å². The van der Waals surface area contributed by atoms with Crippen LogP contribution in [-0.2, 0) is 16.0 Å². The minimum Gasteiger partial charge on any atom is -0.497 e. The van der Waals surface area contributed by atoms with Crippen LogP contribution in [0.15, 0.2) is 42.5 Å². The van der Waals surface area contributed by atoms with E-state index in [0.29, 0.717) is 17.1 Å². The number of benzene rings is 2. The molecule has 1 atom stereocenters. The van der Waals surface area contributed by atoms with Crippen molar-refractivity contribution in [3.05, 3.63) is 59.4 Å². The molecule has 0 aromatic heterocycles. The lowest BCUT2D eigenvalue weighted by atomic mass is 10.1. The fourth-order valence-corrected chi connectivity index (χ4v) is 2.62. The first-order valence-corrected chi connectivity index (χ1v) is 8.45. The van der Waals surface area contributed by atoms with Gasteiger partial charge in [0.1, 0.15) is 17.3 Å². The minimum atomic E-state index is -0.404. The third kappa shape index (κ3) is 5.99. The van der Waals surface area contributed by atoms with E-state index in [0.717, 1.165) is 5.56 Å². The van der Waals surface area contributed by atoms with Gasteiger partial charge in [-0.2, -0.15) is 0 Å². The highest BCUT2D eigenvalue weighted by Gasteiger charge is 2.16. The first-order valence-electron chi connectivity index (χ1n) is 8.45. The number of carbonyl (C=O) groups is 2. The maximum Gasteiger partial charge on any atom is 0.239 e. The Bertz CT molecular complexity index is 810. The van der Waals surface area contributed by atoms with E-state index < -0.39 is 5.82 Å². The second-order valence-electron chi connectivity index (χ2n) is 5.98. The fraction of sp³-hybridized carbons (Fsp3) is 0.300. The zero-order chi connectivity index (χ0) is 19.8. The van der Waals surface area contributed by atoms with E-state index in [1.165, 1.54) is 18.2 Å². The number of nitrogens with one attached hydrogen (secondary N) is 2. The smallest absolute Gasteiger partial charge is 0.239 e. The van der Waals surface area contributed by atoms with E-state index in [4.69, 9.17) is 9.47 Å². The lowest BCUT2D eigenvalue weighted by molar-refractivity contribution is -0.126. The Hall–Kier alpha value is -3.09. The highest BCUT2D eigenvalue weighted by molar-refractivity contribution is 5.85. The number of amides is 2. The number of hydrogen-bond acceptors (Lipinski definition) is 4. The highest BCUT2D eigenvalue weighted by atomic mass is 19.1. The summed E-state index contributed by atoms with van der Waals surface area (Å²) in [5.74, 6) is 0.162. The van der Waals surface area contributed by atoms with Gasteiger partial charge in [-0.15, -0.1) is 0 Å². The lowest BCUT2D eigenvalue weighted by Crippen LogP contribution is -2.38. The average molecular weight is 374 g/mol. The van der Waals surface area contributed by atoms with Crippen molar-refractivity contribution in [2.75, 3.05) is 20.8 Å². The Kier molecular flexibility index (Phi) is 7.16. The molecule has 0 aliphatic carbocycles. The van der Waals surface area contributed by atoms with Crippen molar-refractivity contribution in [3.63, 3.8) is 0 Å². The van der Waals surface area contributed by atoms with E-state index in [9.17, 15) is 14.0 Å². The van der Waals surface area contributed by atoms with Crippen molar-refractivity contribution in [1.82, 2.24) is 10.6 Å². The Morgan fingerprint density at radius 3 is 2.52 bits per heavy atom. The third-order valence-corrected chi connectivity index (χ3v) is 3.98. The van der Waals surface area contributed by atoms with E-state index >= 15 is 0 Å². The quantitative estimate of drug-likeness (QED) is 0.744. The van der Waals surface area contributed by atoms with Crippen LogP contribution in [0.1, 0.15) is 24.1 Å². The molecule has 0 spiro atoms. The van der Waals surface area contributed by atoms with Crippen LogP contribution in [0, 0.1) is 5.82 Å². The topological polar surface area (TPSA) is 76.7 Å². The molecule has 2 aromatic carbocycles. The monoisotopic (exact) mass is 374 g/mol. The Morgan fingerprint density at radius 1 is 1.07 bits per heavy atom. The zero-order valence-corrected chi connectivity index (χ0v) is 15.5. The zero-order valence-electron chi connectivity index (χ0n) is 15.5. The number of hydrogen-bond donors (Lipinski definition) is 2. The molecule has 0 aliphatic rings. The van der Waals surface area contributed by atoms with E-state index in [1.54, 1.807) is 38.5 Å². The van der Waals surface area contributed by atoms with E-state index in [2.05, 4.69) is 10.6 Å². The molecule has 1 unspecified atom stereocenters. The first kappa shape index (κ1) is 20.2. The molecule has 0 aliphatic heterocycles. The fourth-order valence-electron chi connectivity index (χ4n) is 2.62. The summed E-state index contributed by atoms with van der Waals surface area (Å²) in [5.41, 5.74) is 1.30. The normalized spacial score (nSPS) is 11.4. The molecule has 0 saturated carbocycles. The SMILES string of the molecule is COc1ccc(OC)c(C(C)NC(=O)CNC(=O)Cc2cccc(F)c2)c1. The summed E-state index contributed by atoms with van der Waals surface area (Å²) >= 11 is 0. The molecular formula is C20H23FN2O4. The van der Waals surface area contributed by atoms with Crippen molar-refractivity contribution in [3.8, 4) is 11.5 Å². The average Bonchev–Trinajstić information content (AvgIpc) is 2.65. The van der Waals surface area contributed by atoms with Gasteiger partial charge in [0.15, 0.2) is 0 Å². The summed E-state index contributed by atoms with van der Waals surface area (Å²) in [6, 6.07) is 10.8. The van der Waals surface area contributed by atoms with Gasteiger partial charge in [-0.3, -0.25) is 9.59 Å². The van der Waals surface area contributed by atoms with Gasteiger partial charge in [0.2, 0.25) is 11.8 Å². The van der Waals surface area contributed by atoms with Crippen LogP contribution >= 0.6 is 0 Å². The highest BCUT2D eigenvalue weighted by Crippen LogP contribution is 2.29. The summed E-state index contributed by atoms with van der Waals surface area (Å²) < 4.78 is 23.7. The van der Waals surface area contributed by atoms with Crippen LogP contribution in [-0.4, -0.2) is 32.6 Å². The Morgan fingerprint density at radius 2 is 1.85 bits per heavy atom. The molecule has 0 fully saturated rings. The second kappa shape index (κ2) is 9.56. The van der Waals surface area contributed by atoms with Gasteiger partial charge in [0, 0.05) is 5.56 Å². The molecule has 0 bridgehead atoms. The van der Waals surface area contributed by atoms with Gasteiger partial charge < -0.3 is 20.1 Å². The molecule has 6 nitrogen and oxygen atoms in total.